The number of amides is 1. The average Bonchev–Trinajstić information content (AvgIpc) is 3.12. The average molecular weight is 379 g/mol. The van der Waals surface area contributed by atoms with Gasteiger partial charge in [0.2, 0.25) is 0 Å². The fraction of sp³-hybridized carbons (Fsp3) is 0.368. The van der Waals surface area contributed by atoms with Crippen molar-refractivity contribution in [2.24, 2.45) is 5.92 Å². The van der Waals surface area contributed by atoms with Crippen molar-refractivity contribution in [2.45, 2.75) is 33.5 Å². The van der Waals surface area contributed by atoms with E-state index in [-0.39, 0.29) is 24.9 Å². The minimum atomic E-state index is -4.46. The maximum Gasteiger partial charge on any atom is 0.433 e. The summed E-state index contributed by atoms with van der Waals surface area (Å²) in [4.78, 5) is 12.3. The maximum atomic E-state index is 13.0. The van der Waals surface area contributed by atoms with Crippen LogP contribution in [-0.2, 0) is 12.7 Å². The summed E-state index contributed by atoms with van der Waals surface area (Å²) in [5, 5.41) is 7.50. The van der Waals surface area contributed by atoms with Crippen LogP contribution in [0.25, 0.3) is 11.0 Å². The Kier molecular flexibility index (Phi) is 4.99. The van der Waals surface area contributed by atoms with Crippen molar-refractivity contribution in [3.63, 3.8) is 0 Å². The van der Waals surface area contributed by atoms with Crippen molar-refractivity contribution in [1.82, 2.24) is 15.1 Å². The van der Waals surface area contributed by atoms with Gasteiger partial charge in [-0.15, -0.1) is 0 Å². The van der Waals surface area contributed by atoms with Crippen molar-refractivity contribution < 1.29 is 22.4 Å². The van der Waals surface area contributed by atoms with Gasteiger partial charge in [0, 0.05) is 24.0 Å². The summed E-state index contributed by atoms with van der Waals surface area (Å²) < 4.78 is 45.5. The highest BCUT2D eigenvalue weighted by Gasteiger charge is 2.35. The molecule has 27 heavy (non-hydrogen) atoms. The summed E-state index contributed by atoms with van der Waals surface area (Å²) in [6, 6.07) is 7.97. The summed E-state index contributed by atoms with van der Waals surface area (Å²) in [6.45, 7) is 5.40. The lowest BCUT2D eigenvalue weighted by atomic mass is 10.1. The zero-order valence-electron chi connectivity index (χ0n) is 15.2. The molecule has 0 aliphatic heterocycles. The van der Waals surface area contributed by atoms with Crippen molar-refractivity contribution >= 4 is 16.9 Å². The van der Waals surface area contributed by atoms with Crippen LogP contribution < -0.4 is 5.32 Å². The number of rotatable bonds is 5. The Morgan fingerprint density at radius 1 is 1.26 bits per heavy atom. The number of nitrogens with zero attached hydrogens (tertiary/aromatic N) is 2. The first kappa shape index (κ1) is 19.0. The van der Waals surface area contributed by atoms with Gasteiger partial charge < -0.3 is 9.73 Å². The van der Waals surface area contributed by atoms with Gasteiger partial charge in [0.1, 0.15) is 17.0 Å². The number of alkyl halides is 3. The Morgan fingerprint density at radius 3 is 2.70 bits per heavy atom. The van der Waals surface area contributed by atoms with Gasteiger partial charge in [-0.3, -0.25) is 9.48 Å². The zero-order valence-corrected chi connectivity index (χ0v) is 15.2. The molecule has 3 aromatic rings. The van der Waals surface area contributed by atoms with E-state index in [0.29, 0.717) is 16.8 Å². The van der Waals surface area contributed by atoms with Crippen LogP contribution in [0.15, 0.2) is 34.7 Å². The number of aryl methyl sites for hydroxylation is 2. The minimum Gasteiger partial charge on any atom is -0.461 e. The van der Waals surface area contributed by atoms with Gasteiger partial charge in [-0.25, -0.2) is 0 Å². The third-order valence-electron chi connectivity index (χ3n) is 4.19. The molecule has 2 aromatic heterocycles. The second-order valence-corrected chi connectivity index (χ2v) is 6.78. The van der Waals surface area contributed by atoms with Crippen LogP contribution in [-0.4, -0.2) is 22.2 Å². The number of carbonyl (C=O) groups is 1. The molecule has 1 amide bonds. The first-order valence-corrected chi connectivity index (χ1v) is 8.53. The van der Waals surface area contributed by atoms with Crippen LogP contribution >= 0.6 is 0 Å². The zero-order chi connectivity index (χ0) is 19.8. The molecule has 1 aromatic carbocycles. The van der Waals surface area contributed by atoms with Crippen molar-refractivity contribution in [3.8, 4) is 0 Å². The summed E-state index contributed by atoms with van der Waals surface area (Å²) in [7, 11) is 0. The molecule has 2 heterocycles. The van der Waals surface area contributed by atoms with E-state index >= 15 is 0 Å². The molecule has 0 aliphatic carbocycles. The van der Waals surface area contributed by atoms with Crippen molar-refractivity contribution in [2.75, 3.05) is 6.54 Å². The van der Waals surface area contributed by atoms with Gasteiger partial charge in [0.25, 0.3) is 5.91 Å². The molecule has 1 atom stereocenters. The molecule has 0 unspecified atom stereocenters. The quantitative estimate of drug-likeness (QED) is 0.718. The van der Waals surface area contributed by atoms with Crippen LogP contribution in [0.2, 0.25) is 0 Å². The van der Waals surface area contributed by atoms with Crippen LogP contribution in [0, 0.1) is 19.8 Å². The first-order chi connectivity index (χ1) is 12.6. The molecule has 0 spiro atoms. The fourth-order valence-corrected chi connectivity index (χ4v) is 2.96. The number of hydrogen-bond acceptors (Lipinski definition) is 3. The molecule has 144 valence electrons. The standard InChI is InChI=1S/C19H20F3N3O2/c1-11(10-25-17(19(20,21)22)6-12(2)24-25)9-23-18(26)14-4-5-16-15(8-14)7-13(3)27-16/h4-8,11H,9-10H2,1-3H3,(H,23,26)/t11-/m0/s1. The van der Waals surface area contributed by atoms with E-state index in [0.717, 1.165) is 21.9 Å². The Hall–Kier alpha value is -2.77. The lowest BCUT2D eigenvalue weighted by molar-refractivity contribution is -0.144. The van der Waals surface area contributed by atoms with Gasteiger partial charge in [-0.2, -0.15) is 18.3 Å². The van der Waals surface area contributed by atoms with E-state index in [1.54, 1.807) is 25.1 Å². The first-order valence-electron chi connectivity index (χ1n) is 8.53. The Bertz CT molecular complexity index is 972. The van der Waals surface area contributed by atoms with E-state index in [4.69, 9.17) is 4.42 Å². The van der Waals surface area contributed by atoms with Crippen LogP contribution in [0.3, 0.4) is 0 Å². The smallest absolute Gasteiger partial charge is 0.433 e. The second-order valence-electron chi connectivity index (χ2n) is 6.78. The van der Waals surface area contributed by atoms with Gasteiger partial charge in [0.15, 0.2) is 0 Å². The molecule has 0 fully saturated rings. The monoisotopic (exact) mass is 379 g/mol. The predicted molar refractivity (Wildman–Crippen MR) is 94.4 cm³/mol. The van der Waals surface area contributed by atoms with E-state index in [1.807, 2.05) is 13.0 Å². The largest absolute Gasteiger partial charge is 0.461 e. The summed E-state index contributed by atoms with van der Waals surface area (Å²) in [5.41, 5.74) is 0.703. The number of hydrogen-bond donors (Lipinski definition) is 1. The number of aromatic nitrogens is 2. The SMILES string of the molecule is Cc1cc(C(F)(F)F)n(C[C@@H](C)CNC(=O)c2ccc3oc(C)cc3c2)n1. The summed E-state index contributed by atoms with van der Waals surface area (Å²) in [6.07, 6.45) is -4.46. The molecule has 0 bridgehead atoms. The molecular weight excluding hydrogens is 359 g/mol. The molecule has 0 radical (unpaired) electrons. The Labute approximate surface area is 154 Å². The molecule has 3 rings (SSSR count). The lowest BCUT2D eigenvalue weighted by Crippen LogP contribution is -2.31. The molecule has 1 N–H and O–H groups in total. The number of furan rings is 1. The van der Waals surface area contributed by atoms with E-state index in [2.05, 4.69) is 10.4 Å². The predicted octanol–water partition coefficient (Wildman–Crippen LogP) is 4.33. The van der Waals surface area contributed by atoms with E-state index in [9.17, 15) is 18.0 Å². The normalized spacial score (nSPS) is 13.1. The van der Waals surface area contributed by atoms with Crippen molar-refractivity contribution in [1.29, 1.82) is 0 Å². The van der Waals surface area contributed by atoms with E-state index in [1.165, 1.54) is 6.92 Å². The number of nitrogens with one attached hydrogen (secondary N) is 1. The molecule has 0 saturated carbocycles. The number of fused-ring (bicyclic) bond motifs is 1. The number of benzene rings is 1. The molecule has 5 nitrogen and oxygen atoms in total. The topological polar surface area (TPSA) is 60.1 Å². The highest BCUT2D eigenvalue weighted by Crippen LogP contribution is 2.30. The fourth-order valence-electron chi connectivity index (χ4n) is 2.96. The molecule has 0 saturated heterocycles. The highest BCUT2D eigenvalue weighted by molar-refractivity contribution is 5.97. The third kappa shape index (κ3) is 4.32. The maximum absolute atomic E-state index is 13.0. The summed E-state index contributed by atoms with van der Waals surface area (Å²) in [5.74, 6) is 0.246. The van der Waals surface area contributed by atoms with E-state index < -0.39 is 11.9 Å². The lowest BCUT2D eigenvalue weighted by Gasteiger charge is -2.16. The number of carbonyl (C=O) groups excluding carboxylic acids is 1. The van der Waals surface area contributed by atoms with Gasteiger partial charge >= 0.3 is 6.18 Å². The van der Waals surface area contributed by atoms with Gasteiger partial charge in [-0.05, 0) is 50.1 Å². The third-order valence-corrected chi connectivity index (χ3v) is 4.19. The van der Waals surface area contributed by atoms with Crippen LogP contribution in [0.4, 0.5) is 13.2 Å². The highest BCUT2D eigenvalue weighted by atomic mass is 19.4. The molecule has 0 aliphatic rings. The second kappa shape index (κ2) is 7.09. The molecular formula is C19H20F3N3O2. The number of halogens is 3. The van der Waals surface area contributed by atoms with Crippen LogP contribution in [0.5, 0.6) is 0 Å². The minimum absolute atomic E-state index is 0.0585. The Morgan fingerprint density at radius 2 is 2.00 bits per heavy atom. The molecule has 8 heteroatoms. The van der Waals surface area contributed by atoms with Gasteiger partial charge in [-0.1, -0.05) is 6.92 Å². The van der Waals surface area contributed by atoms with Crippen molar-refractivity contribution in [3.05, 3.63) is 53.0 Å². The van der Waals surface area contributed by atoms with Crippen LogP contribution in [0.1, 0.15) is 34.4 Å². The Balaban J connectivity index is 1.63. The summed E-state index contributed by atoms with van der Waals surface area (Å²) >= 11 is 0. The van der Waals surface area contributed by atoms with Gasteiger partial charge in [0.05, 0.1) is 5.69 Å².